The molecule has 15 heavy (non-hydrogen) atoms. The summed E-state index contributed by atoms with van der Waals surface area (Å²) in [7, 11) is 0. The van der Waals surface area contributed by atoms with Crippen LogP contribution in [-0.2, 0) is 0 Å². The Morgan fingerprint density at radius 2 is 2.20 bits per heavy atom. The van der Waals surface area contributed by atoms with Crippen molar-refractivity contribution in [2.45, 2.75) is 26.7 Å². The zero-order valence-corrected chi connectivity index (χ0v) is 9.66. The minimum absolute atomic E-state index is 0.816. The van der Waals surface area contributed by atoms with E-state index in [0.717, 1.165) is 11.6 Å². The van der Waals surface area contributed by atoms with Crippen molar-refractivity contribution in [3.8, 4) is 0 Å². The monoisotopic (exact) mass is 204 g/mol. The van der Waals surface area contributed by atoms with E-state index in [0.29, 0.717) is 0 Å². The van der Waals surface area contributed by atoms with Gasteiger partial charge in [-0.3, -0.25) is 0 Å². The molecule has 1 heterocycles. The lowest BCUT2D eigenvalue weighted by Gasteiger charge is -2.33. The topological polar surface area (TPSA) is 29.3 Å². The summed E-state index contributed by atoms with van der Waals surface area (Å²) >= 11 is 0. The Hall–Kier alpha value is -1.18. The molecule has 0 unspecified atom stereocenters. The van der Waals surface area contributed by atoms with Crippen molar-refractivity contribution in [1.29, 1.82) is 0 Å². The maximum absolute atomic E-state index is 5.83. The highest BCUT2D eigenvalue weighted by Gasteiger charge is 2.16. The highest BCUT2D eigenvalue weighted by Crippen LogP contribution is 2.25. The quantitative estimate of drug-likeness (QED) is 0.713. The minimum atomic E-state index is 0.816. The lowest BCUT2D eigenvalue weighted by molar-refractivity contribution is 0.447. The second kappa shape index (κ2) is 4.13. The summed E-state index contributed by atoms with van der Waals surface area (Å²) in [5, 5.41) is 0. The Bertz CT molecular complexity index is 346. The van der Waals surface area contributed by atoms with E-state index in [1.165, 1.54) is 37.2 Å². The predicted octanol–water partition coefficient (Wildman–Crippen LogP) is 2.81. The van der Waals surface area contributed by atoms with E-state index >= 15 is 0 Å². The van der Waals surface area contributed by atoms with Gasteiger partial charge in [-0.1, -0.05) is 6.92 Å². The van der Waals surface area contributed by atoms with Crippen LogP contribution in [0.5, 0.6) is 0 Å². The number of rotatable bonds is 1. The number of nitrogens with zero attached hydrogens (tertiary/aromatic N) is 1. The molecule has 1 aromatic rings. The molecular weight excluding hydrogens is 184 g/mol. The number of nitrogen functional groups attached to an aromatic ring is 1. The molecule has 0 saturated carbocycles. The van der Waals surface area contributed by atoms with E-state index in [1.807, 2.05) is 6.07 Å². The smallest absolute Gasteiger partial charge is 0.0370 e. The fraction of sp³-hybridized carbons (Fsp3) is 0.538. The van der Waals surface area contributed by atoms with Gasteiger partial charge in [-0.25, -0.2) is 0 Å². The normalized spacial score (nSPS) is 21.7. The summed E-state index contributed by atoms with van der Waals surface area (Å²) in [6, 6.07) is 6.36. The van der Waals surface area contributed by atoms with Gasteiger partial charge in [0.05, 0.1) is 0 Å². The van der Waals surface area contributed by atoms with Crippen LogP contribution >= 0.6 is 0 Å². The number of nitrogens with two attached hydrogens (primary N) is 1. The largest absolute Gasteiger partial charge is 0.399 e. The molecule has 2 heteroatoms. The number of piperidine rings is 1. The first-order valence-electron chi connectivity index (χ1n) is 5.78. The Kier molecular flexibility index (Phi) is 2.85. The van der Waals surface area contributed by atoms with Crippen LogP contribution in [0.4, 0.5) is 11.4 Å². The van der Waals surface area contributed by atoms with Crippen molar-refractivity contribution >= 4 is 11.4 Å². The summed E-state index contributed by atoms with van der Waals surface area (Å²) < 4.78 is 0. The Labute approximate surface area is 92.1 Å². The van der Waals surface area contributed by atoms with Gasteiger partial charge in [-0.2, -0.15) is 0 Å². The standard InChI is InChI=1S/C13H20N2/c1-10-4-3-7-15(9-10)12-5-6-13(14)11(2)8-12/h5-6,8,10H,3-4,7,9,14H2,1-2H3/t10-/m0/s1. The van der Waals surface area contributed by atoms with E-state index in [9.17, 15) is 0 Å². The van der Waals surface area contributed by atoms with Gasteiger partial charge in [0, 0.05) is 24.5 Å². The van der Waals surface area contributed by atoms with Crippen LogP contribution in [-0.4, -0.2) is 13.1 Å². The zero-order chi connectivity index (χ0) is 10.8. The molecule has 0 amide bonds. The summed E-state index contributed by atoms with van der Waals surface area (Å²) in [6.45, 7) is 6.78. The second-order valence-electron chi connectivity index (χ2n) is 4.73. The second-order valence-corrected chi connectivity index (χ2v) is 4.73. The molecule has 1 aliphatic rings. The van der Waals surface area contributed by atoms with Crippen LogP contribution in [0.15, 0.2) is 18.2 Å². The molecule has 1 aliphatic heterocycles. The molecule has 2 rings (SSSR count). The Balaban J connectivity index is 2.18. The fourth-order valence-electron chi connectivity index (χ4n) is 2.28. The van der Waals surface area contributed by atoms with Crippen molar-refractivity contribution in [1.82, 2.24) is 0 Å². The van der Waals surface area contributed by atoms with Gasteiger partial charge < -0.3 is 10.6 Å². The first kappa shape index (κ1) is 10.3. The third-order valence-corrected chi connectivity index (χ3v) is 3.28. The van der Waals surface area contributed by atoms with Crippen LogP contribution in [0.1, 0.15) is 25.3 Å². The molecule has 0 spiro atoms. The number of anilines is 2. The summed E-state index contributed by atoms with van der Waals surface area (Å²) in [4.78, 5) is 2.47. The number of aryl methyl sites for hydroxylation is 1. The maximum Gasteiger partial charge on any atom is 0.0370 e. The SMILES string of the molecule is Cc1cc(N2CCC[C@H](C)C2)ccc1N. The van der Waals surface area contributed by atoms with E-state index in [-0.39, 0.29) is 0 Å². The molecule has 2 N–H and O–H groups in total. The van der Waals surface area contributed by atoms with E-state index in [1.54, 1.807) is 0 Å². The third kappa shape index (κ3) is 2.25. The van der Waals surface area contributed by atoms with Gasteiger partial charge >= 0.3 is 0 Å². The van der Waals surface area contributed by atoms with Crippen molar-refractivity contribution in [2.75, 3.05) is 23.7 Å². The van der Waals surface area contributed by atoms with Gasteiger partial charge in [0.1, 0.15) is 0 Å². The number of hydrogen-bond donors (Lipinski definition) is 1. The molecule has 0 aliphatic carbocycles. The van der Waals surface area contributed by atoms with Crippen LogP contribution in [0.2, 0.25) is 0 Å². The highest BCUT2D eigenvalue weighted by molar-refractivity contribution is 5.58. The number of benzene rings is 1. The molecule has 0 radical (unpaired) electrons. The van der Waals surface area contributed by atoms with Gasteiger partial charge in [0.15, 0.2) is 0 Å². The summed E-state index contributed by atoms with van der Waals surface area (Å²) in [5.74, 6) is 0.816. The average Bonchev–Trinajstić information content (AvgIpc) is 2.22. The molecule has 1 aromatic carbocycles. The molecule has 1 fully saturated rings. The first-order valence-corrected chi connectivity index (χ1v) is 5.78. The van der Waals surface area contributed by atoms with Crippen LogP contribution in [0, 0.1) is 12.8 Å². The molecule has 0 bridgehead atoms. The van der Waals surface area contributed by atoms with Crippen molar-refractivity contribution < 1.29 is 0 Å². The molecule has 1 saturated heterocycles. The van der Waals surface area contributed by atoms with Gasteiger partial charge in [-0.05, 0) is 49.4 Å². The molecule has 2 nitrogen and oxygen atoms in total. The fourth-order valence-corrected chi connectivity index (χ4v) is 2.28. The van der Waals surface area contributed by atoms with Crippen LogP contribution < -0.4 is 10.6 Å². The lowest BCUT2D eigenvalue weighted by Crippen LogP contribution is -2.34. The van der Waals surface area contributed by atoms with Crippen molar-refractivity contribution in [3.05, 3.63) is 23.8 Å². The predicted molar refractivity (Wildman–Crippen MR) is 66.2 cm³/mol. The Morgan fingerprint density at radius 3 is 2.87 bits per heavy atom. The molecule has 1 atom stereocenters. The van der Waals surface area contributed by atoms with E-state index in [2.05, 4.69) is 30.9 Å². The van der Waals surface area contributed by atoms with Gasteiger partial charge in [0.2, 0.25) is 0 Å². The first-order chi connectivity index (χ1) is 7.16. The van der Waals surface area contributed by atoms with Crippen molar-refractivity contribution in [2.24, 2.45) is 5.92 Å². The Morgan fingerprint density at radius 1 is 1.40 bits per heavy atom. The third-order valence-electron chi connectivity index (χ3n) is 3.28. The highest BCUT2D eigenvalue weighted by atomic mass is 15.1. The molecule has 0 aromatic heterocycles. The van der Waals surface area contributed by atoms with Crippen LogP contribution in [0.25, 0.3) is 0 Å². The van der Waals surface area contributed by atoms with E-state index < -0.39 is 0 Å². The van der Waals surface area contributed by atoms with Gasteiger partial charge in [0.25, 0.3) is 0 Å². The summed E-state index contributed by atoms with van der Waals surface area (Å²) in [5.41, 5.74) is 9.23. The van der Waals surface area contributed by atoms with E-state index in [4.69, 9.17) is 5.73 Å². The molecule has 82 valence electrons. The lowest BCUT2D eigenvalue weighted by atomic mass is 9.99. The maximum atomic E-state index is 5.83. The zero-order valence-electron chi connectivity index (χ0n) is 9.66. The van der Waals surface area contributed by atoms with Crippen molar-refractivity contribution in [3.63, 3.8) is 0 Å². The average molecular weight is 204 g/mol. The summed E-state index contributed by atoms with van der Waals surface area (Å²) in [6.07, 6.45) is 2.68. The number of hydrogen-bond acceptors (Lipinski definition) is 2. The van der Waals surface area contributed by atoms with Crippen LogP contribution in [0.3, 0.4) is 0 Å². The molecular formula is C13H20N2. The van der Waals surface area contributed by atoms with Gasteiger partial charge in [-0.15, -0.1) is 0 Å². The minimum Gasteiger partial charge on any atom is -0.399 e.